The van der Waals surface area contributed by atoms with Crippen LogP contribution in [0, 0.1) is 13.8 Å². The van der Waals surface area contributed by atoms with Gasteiger partial charge in [0.15, 0.2) is 6.61 Å². The van der Waals surface area contributed by atoms with E-state index >= 15 is 0 Å². The van der Waals surface area contributed by atoms with Crippen LogP contribution in [0.4, 0.5) is 5.82 Å². The van der Waals surface area contributed by atoms with Gasteiger partial charge in [-0.3, -0.25) is 4.79 Å². The van der Waals surface area contributed by atoms with Gasteiger partial charge in [-0.25, -0.2) is 4.68 Å². The summed E-state index contributed by atoms with van der Waals surface area (Å²) in [5, 5.41) is 9.11. The van der Waals surface area contributed by atoms with Crippen molar-refractivity contribution in [1.82, 2.24) is 9.78 Å². The van der Waals surface area contributed by atoms with Gasteiger partial charge in [-0.1, -0.05) is 12.1 Å². The Morgan fingerprint density at radius 3 is 2.88 bits per heavy atom. The van der Waals surface area contributed by atoms with Crippen molar-refractivity contribution in [2.75, 3.05) is 11.9 Å². The van der Waals surface area contributed by atoms with E-state index in [1.54, 1.807) is 28.3 Å². The van der Waals surface area contributed by atoms with E-state index in [9.17, 15) is 4.79 Å². The van der Waals surface area contributed by atoms with Gasteiger partial charge in [0, 0.05) is 10.9 Å². The van der Waals surface area contributed by atoms with Crippen molar-refractivity contribution in [3.05, 3.63) is 64.0 Å². The van der Waals surface area contributed by atoms with Gasteiger partial charge in [0.25, 0.3) is 5.91 Å². The zero-order valence-electron chi connectivity index (χ0n) is 13.7. The molecule has 0 unspecified atom stereocenters. The molecule has 124 valence electrons. The van der Waals surface area contributed by atoms with Crippen molar-refractivity contribution in [2.45, 2.75) is 20.4 Å². The summed E-state index contributed by atoms with van der Waals surface area (Å²) in [6.07, 6.45) is 1.67. The number of benzene rings is 1. The van der Waals surface area contributed by atoms with Crippen LogP contribution in [0.25, 0.3) is 0 Å². The number of ether oxygens (including phenoxy) is 1. The van der Waals surface area contributed by atoms with E-state index in [4.69, 9.17) is 4.74 Å². The van der Waals surface area contributed by atoms with Crippen LogP contribution >= 0.6 is 11.3 Å². The number of anilines is 1. The molecule has 0 aliphatic carbocycles. The van der Waals surface area contributed by atoms with E-state index in [-0.39, 0.29) is 12.5 Å². The number of nitrogens with zero attached hydrogens (tertiary/aromatic N) is 2. The van der Waals surface area contributed by atoms with Crippen LogP contribution in [0.3, 0.4) is 0 Å². The van der Waals surface area contributed by atoms with Gasteiger partial charge in [-0.05, 0) is 48.6 Å². The number of amides is 1. The SMILES string of the molecule is Cc1ccc(OCC(=O)Nc2ccnn2Cc2cccs2)cc1C. The van der Waals surface area contributed by atoms with Gasteiger partial charge >= 0.3 is 0 Å². The zero-order valence-corrected chi connectivity index (χ0v) is 14.5. The summed E-state index contributed by atoms with van der Waals surface area (Å²) in [5.41, 5.74) is 2.34. The molecule has 6 heteroatoms. The number of aryl methyl sites for hydroxylation is 2. The summed E-state index contributed by atoms with van der Waals surface area (Å²) in [4.78, 5) is 13.3. The first-order valence-corrected chi connectivity index (χ1v) is 8.54. The Kier molecular flexibility index (Phi) is 4.96. The van der Waals surface area contributed by atoms with Crippen molar-refractivity contribution < 1.29 is 9.53 Å². The number of aromatic nitrogens is 2. The van der Waals surface area contributed by atoms with Crippen LogP contribution in [-0.2, 0) is 11.3 Å². The largest absolute Gasteiger partial charge is 0.484 e. The maximum Gasteiger partial charge on any atom is 0.263 e. The summed E-state index contributed by atoms with van der Waals surface area (Å²) in [6, 6.07) is 11.6. The lowest BCUT2D eigenvalue weighted by Crippen LogP contribution is -2.22. The first-order chi connectivity index (χ1) is 11.6. The zero-order chi connectivity index (χ0) is 16.9. The maximum absolute atomic E-state index is 12.1. The highest BCUT2D eigenvalue weighted by molar-refractivity contribution is 7.09. The minimum absolute atomic E-state index is 0.0350. The molecule has 0 saturated heterocycles. The smallest absolute Gasteiger partial charge is 0.263 e. The van der Waals surface area contributed by atoms with E-state index in [0.717, 1.165) is 5.56 Å². The predicted molar refractivity (Wildman–Crippen MR) is 95.7 cm³/mol. The second-order valence-electron chi connectivity index (χ2n) is 5.54. The van der Waals surface area contributed by atoms with Gasteiger partial charge < -0.3 is 10.1 Å². The van der Waals surface area contributed by atoms with E-state index in [1.165, 1.54) is 10.4 Å². The van der Waals surface area contributed by atoms with Crippen LogP contribution in [0.2, 0.25) is 0 Å². The Balaban J connectivity index is 1.57. The molecule has 1 aromatic carbocycles. The van der Waals surface area contributed by atoms with Crippen molar-refractivity contribution in [3.8, 4) is 5.75 Å². The number of carbonyl (C=O) groups excluding carboxylic acids is 1. The molecule has 2 heterocycles. The average Bonchev–Trinajstić information content (AvgIpc) is 3.22. The fourth-order valence-electron chi connectivity index (χ4n) is 2.25. The summed E-state index contributed by atoms with van der Waals surface area (Å²) in [6.45, 7) is 4.66. The Bertz CT molecular complexity index is 825. The standard InChI is InChI=1S/C18H19N3O2S/c1-13-5-6-15(10-14(13)2)23-12-18(22)20-17-7-8-19-21(17)11-16-4-3-9-24-16/h3-10H,11-12H2,1-2H3,(H,20,22). The van der Waals surface area contributed by atoms with E-state index in [2.05, 4.69) is 10.4 Å². The number of rotatable bonds is 6. The molecule has 0 aliphatic rings. The second kappa shape index (κ2) is 7.31. The van der Waals surface area contributed by atoms with Crippen molar-refractivity contribution in [3.63, 3.8) is 0 Å². The highest BCUT2D eigenvalue weighted by Gasteiger charge is 2.09. The summed E-state index contributed by atoms with van der Waals surface area (Å²) in [5.74, 6) is 1.15. The molecule has 5 nitrogen and oxygen atoms in total. The average molecular weight is 341 g/mol. The fraction of sp³-hybridized carbons (Fsp3) is 0.222. The summed E-state index contributed by atoms with van der Waals surface area (Å²) < 4.78 is 7.32. The fourth-order valence-corrected chi connectivity index (χ4v) is 2.93. The Labute approximate surface area is 144 Å². The monoisotopic (exact) mass is 341 g/mol. The predicted octanol–water partition coefficient (Wildman–Crippen LogP) is 3.63. The molecule has 0 spiro atoms. The number of thiophene rings is 1. The lowest BCUT2D eigenvalue weighted by atomic mass is 10.1. The molecule has 1 N–H and O–H groups in total. The third-order valence-corrected chi connectivity index (χ3v) is 4.58. The van der Waals surface area contributed by atoms with Gasteiger partial charge in [-0.2, -0.15) is 5.10 Å². The van der Waals surface area contributed by atoms with Gasteiger partial charge in [-0.15, -0.1) is 11.3 Å². The lowest BCUT2D eigenvalue weighted by molar-refractivity contribution is -0.118. The molecule has 3 rings (SSSR count). The van der Waals surface area contributed by atoms with Gasteiger partial charge in [0.2, 0.25) is 0 Å². The lowest BCUT2D eigenvalue weighted by Gasteiger charge is -2.10. The molecular weight excluding hydrogens is 322 g/mol. The Morgan fingerprint density at radius 1 is 1.25 bits per heavy atom. The van der Waals surface area contributed by atoms with Crippen LogP contribution in [0.15, 0.2) is 48.0 Å². The molecule has 0 bridgehead atoms. The minimum atomic E-state index is -0.207. The van der Waals surface area contributed by atoms with Crippen molar-refractivity contribution in [1.29, 1.82) is 0 Å². The molecular formula is C18H19N3O2S. The summed E-state index contributed by atoms with van der Waals surface area (Å²) in [7, 11) is 0. The highest BCUT2D eigenvalue weighted by Crippen LogP contribution is 2.17. The van der Waals surface area contributed by atoms with Crippen molar-refractivity contribution >= 4 is 23.1 Å². The number of carbonyl (C=O) groups is 1. The van der Waals surface area contributed by atoms with Crippen molar-refractivity contribution in [2.24, 2.45) is 0 Å². The van der Waals surface area contributed by atoms with Gasteiger partial charge in [0.05, 0.1) is 12.7 Å². The van der Waals surface area contributed by atoms with Crippen LogP contribution in [-0.4, -0.2) is 22.3 Å². The Morgan fingerprint density at radius 2 is 2.12 bits per heavy atom. The number of hydrogen-bond acceptors (Lipinski definition) is 4. The molecule has 0 radical (unpaired) electrons. The molecule has 0 fully saturated rings. The number of hydrogen-bond donors (Lipinski definition) is 1. The number of nitrogens with one attached hydrogen (secondary N) is 1. The first kappa shape index (κ1) is 16.3. The molecule has 1 amide bonds. The van der Waals surface area contributed by atoms with E-state index < -0.39 is 0 Å². The first-order valence-electron chi connectivity index (χ1n) is 7.66. The quantitative estimate of drug-likeness (QED) is 0.745. The highest BCUT2D eigenvalue weighted by atomic mass is 32.1. The normalized spacial score (nSPS) is 10.6. The topological polar surface area (TPSA) is 56.1 Å². The minimum Gasteiger partial charge on any atom is -0.484 e. The Hall–Kier alpha value is -2.60. The molecule has 24 heavy (non-hydrogen) atoms. The summed E-state index contributed by atoms with van der Waals surface area (Å²) >= 11 is 1.66. The van der Waals surface area contributed by atoms with Gasteiger partial charge in [0.1, 0.15) is 11.6 Å². The molecule has 0 aliphatic heterocycles. The molecule has 0 saturated carbocycles. The third-order valence-electron chi connectivity index (χ3n) is 3.72. The second-order valence-corrected chi connectivity index (χ2v) is 6.57. The molecule has 2 aromatic heterocycles. The van der Waals surface area contributed by atoms with E-state index in [1.807, 2.05) is 49.6 Å². The van der Waals surface area contributed by atoms with Crippen LogP contribution in [0.5, 0.6) is 5.75 Å². The third kappa shape index (κ3) is 4.02. The van der Waals surface area contributed by atoms with E-state index in [0.29, 0.717) is 18.1 Å². The maximum atomic E-state index is 12.1. The van der Waals surface area contributed by atoms with Crippen LogP contribution in [0.1, 0.15) is 16.0 Å². The molecule has 3 aromatic rings. The van der Waals surface area contributed by atoms with Crippen LogP contribution < -0.4 is 10.1 Å². The molecule has 0 atom stereocenters.